The molecule has 0 amide bonds. The summed E-state index contributed by atoms with van der Waals surface area (Å²) in [5.74, 6) is 1.27. The number of para-hydroxylation sites is 8. The van der Waals surface area contributed by atoms with Crippen LogP contribution in [0.3, 0.4) is 0 Å². The summed E-state index contributed by atoms with van der Waals surface area (Å²) in [7, 11) is 0. The Morgan fingerprint density at radius 1 is 0.168 bits per heavy atom. The molecular weight excluding hydrogens is 1240 g/mol. The van der Waals surface area contributed by atoms with Crippen LogP contribution in [0.25, 0.3) is 211 Å². The van der Waals surface area contributed by atoms with Gasteiger partial charge in [-0.3, -0.25) is 0 Å². The van der Waals surface area contributed by atoms with Crippen LogP contribution in [0, 0.1) is 0 Å². The number of benzene rings is 14. The SMILES string of the molecule is c1cc(-c2nc(-c3cccc(-c4cccc5c4oc4ccccc45)c3)c3oc4ccccc4c3n2)cc(-c2cccc3c2oc2ccccc23)c1.c1ccc(-c2cccc(-c3nc(-c4cccc(-c5cccc(-c6cccc7c6oc6ccccc67)c5)c4)nc4c3oc3ccccc34)c2)cc1. The Morgan fingerprint density at radius 2 is 0.426 bits per heavy atom. The highest BCUT2D eigenvalue weighted by Gasteiger charge is 2.23. The molecule has 0 fully saturated rings. The Kier molecular flexibility index (Phi) is 13.4. The number of hydrogen-bond donors (Lipinski definition) is 0. The molecule has 0 spiro atoms. The van der Waals surface area contributed by atoms with Gasteiger partial charge in [0, 0.05) is 82.0 Å². The first kappa shape index (κ1) is 57.5. The normalized spacial score (nSPS) is 11.8. The maximum atomic E-state index is 6.50. The number of aromatic nitrogens is 4. The third-order valence-corrected chi connectivity index (χ3v) is 19.4. The van der Waals surface area contributed by atoms with Crippen molar-refractivity contribution in [2.45, 2.75) is 0 Å². The van der Waals surface area contributed by atoms with Gasteiger partial charge in [-0.1, -0.05) is 255 Å². The highest BCUT2D eigenvalue weighted by molar-refractivity contribution is 6.14. The number of fused-ring (bicyclic) bond motifs is 15. The number of rotatable bonds is 9. The summed E-state index contributed by atoms with van der Waals surface area (Å²) in [6, 6.07) is 112. The first-order chi connectivity index (χ1) is 50.0. The minimum absolute atomic E-state index is 0.618. The highest BCUT2D eigenvalue weighted by atomic mass is 16.3. The number of hydrogen-bond acceptors (Lipinski definition) is 9. The molecule has 21 aromatic rings. The number of nitrogens with zero attached hydrogens (tertiary/aromatic N) is 4. The Hall–Kier alpha value is -13.8. The van der Waals surface area contributed by atoms with Gasteiger partial charge in [-0.15, -0.1) is 0 Å². The first-order valence-electron chi connectivity index (χ1n) is 33.7. The summed E-state index contributed by atoms with van der Waals surface area (Å²) >= 11 is 0. The second kappa shape index (κ2) is 23.5. The maximum Gasteiger partial charge on any atom is 0.180 e. The molecule has 9 heteroatoms. The van der Waals surface area contributed by atoms with Crippen molar-refractivity contribution < 1.29 is 22.1 Å². The largest absolute Gasteiger partial charge is 0.455 e. The predicted octanol–water partition coefficient (Wildman–Crippen LogP) is 25.5. The first-order valence-corrected chi connectivity index (χ1v) is 33.7. The molecular formula is C92H54N4O5. The molecule has 7 heterocycles. The molecule has 9 nitrogen and oxygen atoms in total. The van der Waals surface area contributed by atoms with E-state index in [1.165, 1.54) is 0 Å². The Balaban J connectivity index is 0.000000136. The standard InChI is InChI=1S/C46H26N2O3.C46H28N2O2/c1-4-22-38-33(15-1)35-20-9-18-31(43(35)49-38)27-11-7-13-29(25-27)41-45-42(37-17-3-6-24-40(37)51-45)48-46(47-41)30-14-8-12-28(26-30)32-19-10-21-36-34-16-2-5-23-39(34)50-44(32)36;1-2-12-29(13-3-1)30-14-9-18-34(27-30)42-45-43(39-21-5-7-25-41(39)50-45)48-46(47-42)35-19-10-16-32(28-35)31-15-8-17-33(26-31)36-22-11-23-38-37-20-4-6-24-40(37)49-44(36)38/h1-26H;1-28H. The van der Waals surface area contributed by atoms with Gasteiger partial charge in [0.15, 0.2) is 22.8 Å². The zero-order chi connectivity index (χ0) is 66.5. The van der Waals surface area contributed by atoms with Crippen molar-refractivity contribution in [1.82, 2.24) is 19.9 Å². The van der Waals surface area contributed by atoms with Gasteiger partial charge in [0.25, 0.3) is 0 Å². The topological polar surface area (TPSA) is 117 Å². The van der Waals surface area contributed by atoms with Gasteiger partial charge in [-0.05, 0) is 112 Å². The van der Waals surface area contributed by atoms with Crippen LogP contribution in [0.2, 0.25) is 0 Å². The average molecular weight is 1300 g/mol. The van der Waals surface area contributed by atoms with Crippen molar-refractivity contribution in [2.75, 3.05) is 0 Å². The van der Waals surface area contributed by atoms with Crippen molar-refractivity contribution in [3.8, 4) is 101 Å². The summed E-state index contributed by atoms with van der Waals surface area (Å²) in [6.45, 7) is 0. The molecule has 101 heavy (non-hydrogen) atoms. The molecule has 0 saturated carbocycles. The second-order valence-corrected chi connectivity index (χ2v) is 25.5. The Morgan fingerprint density at radius 3 is 0.842 bits per heavy atom. The van der Waals surface area contributed by atoms with E-state index in [0.717, 1.165) is 188 Å². The molecule has 0 atom stereocenters. The quantitative estimate of drug-likeness (QED) is 0.139. The van der Waals surface area contributed by atoms with Crippen LogP contribution in [-0.4, -0.2) is 19.9 Å². The average Bonchev–Trinajstić information content (AvgIpc) is 1.68. The highest BCUT2D eigenvalue weighted by Crippen LogP contribution is 2.44. The molecule has 472 valence electrons. The van der Waals surface area contributed by atoms with Gasteiger partial charge < -0.3 is 22.1 Å². The Labute approximate surface area is 577 Å². The molecule has 21 rings (SSSR count). The smallest absolute Gasteiger partial charge is 0.180 e. The summed E-state index contributed by atoms with van der Waals surface area (Å²) in [4.78, 5) is 20.7. The van der Waals surface area contributed by atoms with Crippen molar-refractivity contribution in [3.63, 3.8) is 0 Å². The monoisotopic (exact) mass is 1290 g/mol. The van der Waals surface area contributed by atoms with Crippen LogP contribution in [0.5, 0.6) is 0 Å². The third kappa shape index (κ3) is 9.85. The molecule has 0 unspecified atom stereocenters. The second-order valence-electron chi connectivity index (χ2n) is 25.5. The Bertz CT molecular complexity index is 6870. The molecule has 0 aliphatic rings. The molecule has 0 N–H and O–H groups in total. The van der Waals surface area contributed by atoms with E-state index in [2.05, 4.69) is 237 Å². The summed E-state index contributed by atoms with van der Waals surface area (Å²) in [6.07, 6.45) is 0. The summed E-state index contributed by atoms with van der Waals surface area (Å²) in [5, 5.41) is 8.56. The summed E-state index contributed by atoms with van der Waals surface area (Å²) in [5.41, 5.74) is 25.7. The van der Waals surface area contributed by atoms with E-state index in [1.54, 1.807) is 0 Å². The van der Waals surface area contributed by atoms with E-state index in [-0.39, 0.29) is 0 Å². The van der Waals surface area contributed by atoms with Gasteiger partial charge in [0.2, 0.25) is 0 Å². The zero-order valence-electron chi connectivity index (χ0n) is 54.0. The fourth-order valence-corrected chi connectivity index (χ4v) is 14.6. The number of furan rings is 5. The van der Waals surface area contributed by atoms with Crippen molar-refractivity contribution in [1.29, 1.82) is 0 Å². The maximum absolute atomic E-state index is 6.50. The predicted molar refractivity (Wildman–Crippen MR) is 409 cm³/mol. The van der Waals surface area contributed by atoms with Crippen molar-refractivity contribution >= 4 is 110 Å². The van der Waals surface area contributed by atoms with Gasteiger partial charge in [-0.2, -0.15) is 0 Å². The van der Waals surface area contributed by atoms with Crippen molar-refractivity contribution in [2.24, 2.45) is 0 Å². The van der Waals surface area contributed by atoms with Crippen LogP contribution in [0.15, 0.2) is 350 Å². The lowest BCUT2D eigenvalue weighted by Crippen LogP contribution is -1.94. The molecule has 0 aliphatic carbocycles. The van der Waals surface area contributed by atoms with Gasteiger partial charge in [0.05, 0.1) is 0 Å². The minimum atomic E-state index is 0.618. The molecule has 14 aromatic carbocycles. The van der Waals surface area contributed by atoms with E-state index in [1.807, 2.05) is 91.0 Å². The van der Waals surface area contributed by atoms with Crippen LogP contribution in [-0.2, 0) is 0 Å². The zero-order valence-corrected chi connectivity index (χ0v) is 54.0. The fourth-order valence-electron chi connectivity index (χ4n) is 14.6. The van der Waals surface area contributed by atoms with Crippen LogP contribution < -0.4 is 0 Å². The molecule has 0 saturated heterocycles. The molecule has 0 bridgehead atoms. The lowest BCUT2D eigenvalue weighted by Gasteiger charge is -2.10. The van der Waals surface area contributed by atoms with Crippen molar-refractivity contribution in [3.05, 3.63) is 328 Å². The van der Waals surface area contributed by atoms with E-state index >= 15 is 0 Å². The van der Waals surface area contributed by atoms with E-state index in [9.17, 15) is 0 Å². The van der Waals surface area contributed by atoms with E-state index in [4.69, 9.17) is 42.0 Å². The lowest BCUT2D eigenvalue weighted by atomic mass is 9.96. The fraction of sp³-hybridized carbons (Fsp3) is 0. The summed E-state index contributed by atoms with van der Waals surface area (Å²) < 4.78 is 32.1. The van der Waals surface area contributed by atoms with Crippen LogP contribution in [0.1, 0.15) is 0 Å². The molecule has 0 aliphatic heterocycles. The van der Waals surface area contributed by atoms with Gasteiger partial charge in [0.1, 0.15) is 67.1 Å². The van der Waals surface area contributed by atoms with E-state index in [0.29, 0.717) is 22.8 Å². The third-order valence-electron chi connectivity index (χ3n) is 19.4. The lowest BCUT2D eigenvalue weighted by molar-refractivity contribution is 0.667. The minimum Gasteiger partial charge on any atom is -0.455 e. The van der Waals surface area contributed by atoms with E-state index < -0.39 is 0 Å². The van der Waals surface area contributed by atoms with Crippen LogP contribution in [0.4, 0.5) is 0 Å². The molecule has 0 radical (unpaired) electrons. The molecule has 7 aromatic heterocycles. The van der Waals surface area contributed by atoms with Crippen LogP contribution >= 0.6 is 0 Å². The van der Waals surface area contributed by atoms with Gasteiger partial charge >= 0.3 is 0 Å². The van der Waals surface area contributed by atoms with Gasteiger partial charge in [-0.25, -0.2) is 19.9 Å².